The second-order valence-electron chi connectivity index (χ2n) is 3.80. The smallest absolute Gasteiger partial charge is 0.264 e. The molecule has 0 aliphatic heterocycles. The third kappa shape index (κ3) is 8.21. The molecule has 0 radical (unpaired) electrons. The van der Waals surface area contributed by atoms with Crippen LogP contribution in [0, 0.1) is 0 Å². The minimum atomic E-state index is -3.79. The summed E-state index contributed by atoms with van der Waals surface area (Å²) in [7, 11) is -3.79. The van der Waals surface area contributed by atoms with E-state index in [1.165, 1.54) is 0 Å². The summed E-state index contributed by atoms with van der Waals surface area (Å²) in [5.41, 5.74) is 0.0409. The maximum Gasteiger partial charge on any atom is 0.264 e. The normalized spacial score (nSPS) is 13.2. The predicted molar refractivity (Wildman–Crippen MR) is 53.4 cm³/mol. The van der Waals surface area contributed by atoms with Crippen molar-refractivity contribution in [3.05, 3.63) is 0 Å². The molecule has 0 spiro atoms. The van der Waals surface area contributed by atoms with Gasteiger partial charge in [0, 0.05) is 5.54 Å². The van der Waals surface area contributed by atoms with Crippen LogP contribution in [0.15, 0.2) is 0 Å². The zero-order valence-electron chi connectivity index (χ0n) is 8.50. The number of rotatable bonds is 6. The second-order valence-corrected chi connectivity index (χ2v) is 5.38. The fourth-order valence-electron chi connectivity index (χ4n) is 0.806. The summed E-state index contributed by atoms with van der Waals surface area (Å²) in [6, 6.07) is 0. The molecular weight excluding hydrogens is 190 g/mol. The van der Waals surface area contributed by atoms with E-state index in [2.05, 4.69) is 26.1 Å². The minimum absolute atomic E-state index is 0.0409. The third-order valence-corrected chi connectivity index (χ3v) is 2.87. The SMILES string of the molecule is CCC(C)(C)NCCCS(=O)(=O)O. The highest BCUT2D eigenvalue weighted by Crippen LogP contribution is 2.06. The first-order valence-electron chi connectivity index (χ1n) is 4.47. The fraction of sp³-hybridized carbons (Fsp3) is 1.00. The molecule has 2 N–H and O–H groups in total. The van der Waals surface area contributed by atoms with Crippen molar-refractivity contribution in [3.63, 3.8) is 0 Å². The van der Waals surface area contributed by atoms with Crippen molar-refractivity contribution >= 4 is 10.1 Å². The van der Waals surface area contributed by atoms with Crippen molar-refractivity contribution in [3.8, 4) is 0 Å². The van der Waals surface area contributed by atoms with Crippen LogP contribution in [-0.2, 0) is 10.1 Å². The second kappa shape index (κ2) is 4.93. The fourth-order valence-corrected chi connectivity index (χ4v) is 1.32. The highest BCUT2D eigenvalue weighted by Gasteiger charge is 2.13. The highest BCUT2D eigenvalue weighted by atomic mass is 32.2. The number of nitrogens with one attached hydrogen (secondary N) is 1. The molecular formula is C8H19NO3S. The van der Waals surface area contributed by atoms with Gasteiger partial charge in [0.05, 0.1) is 5.75 Å². The van der Waals surface area contributed by atoms with E-state index in [0.29, 0.717) is 13.0 Å². The molecule has 80 valence electrons. The summed E-state index contributed by atoms with van der Waals surface area (Å²) < 4.78 is 29.2. The van der Waals surface area contributed by atoms with Crippen molar-refractivity contribution in [2.45, 2.75) is 39.2 Å². The zero-order valence-corrected chi connectivity index (χ0v) is 9.32. The van der Waals surface area contributed by atoms with Crippen LogP contribution < -0.4 is 5.32 Å². The maximum absolute atomic E-state index is 10.4. The van der Waals surface area contributed by atoms with Crippen LogP contribution in [0.2, 0.25) is 0 Å². The Balaban J connectivity index is 3.58. The Morgan fingerprint density at radius 2 is 1.92 bits per heavy atom. The largest absolute Gasteiger partial charge is 0.312 e. The Kier molecular flexibility index (Phi) is 4.88. The van der Waals surface area contributed by atoms with Crippen LogP contribution in [0.25, 0.3) is 0 Å². The molecule has 0 unspecified atom stereocenters. The highest BCUT2D eigenvalue weighted by molar-refractivity contribution is 7.85. The average Bonchev–Trinajstić information content (AvgIpc) is 1.97. The summed E-state index contributed by atoms with van der Waals surface area (Å²) >= 11 is 0. The van der Waals surface area contributed by atoms with Crippen molar-refractivity contribution in [2.24, 2.45) is 0 Å². The molecule has 0 saturated heterocycles. The van der Waals surface area contributed by atoms with Gasteiger partial charge in [-0.2, -0.15) is 8.42 Å². The monoisotopic (exact) mass is 209 g/mol. The van der Waals surface area contributed by atoms with Crippen molar-refractivity contribution < 1.29 is 13.0 Å². The summed E-state index contributed by atoms with van der Waals surface area (Å²) in [5, 5.41) is 3.21. The van der Waals surface area contributed by atoms with Crippen molar-refractivity contribution in [1.29, 1.82) is 0 Å². The molecule has 5 heteroatoms. The van der Waals surface area contributed by atoms with E-state index in [4.69, 9.17) is 4.55 Å². The first-order valence-corrected chi connectivity index (χ1v) is 6.08. The van der Waals surface area contributed by atoms with Gasteiger partial charge in [-0.25, -0.2) is 0 Å². The molecule has 0 bridgehead atoms. The predicted octanol–water partition coefficient (Wildman–Crippen LogP) is 1.04. The lowest BCUT2D eigenvalue weighted by atomic mass is 10.0. The molecule has 0 atom stereocenters. The molecule has 0 amide bonds. The quantitative estimate of drug-likeness (QED) is 0.507. The number of hydrogen-bond acceptors (Lipinski definition) is 3. The van der Waals surface area contributed by atoms with Gasteiger partial charge in [-0.15, -0.1) is 0 Å². The van der Waals surface area contributed by atoms with Gasteiger partial charge in [0.15, 0.2) is 0 Å². The van der Waals surface area contributed by atoms with E-state index in [0.717, 1.165) is 6.42 Å². The first-order chi connectivity index (χ1) is 5.77. The minimum Gasteiger partial charge on any atom is -0.312 e. The summed E-state index contributed by atoms with van der Waals surface area (Å²) in [6.07, 6.45) is 1.43. The van der Waals surface area contributed by atoms with Crippen molar-refractivity contribution in [1.82, 2.24) is 5.32 Å². The van der Waals surface area contributed by atoms with Gasteiger partial charge < -0.3 is 5.32 Å². The summed E-state index contributed by atoms with van der Waals surface area (Å²) in [4.78, 5) is 0. The van der Waals surface area contributed by atoms with Crippen LogP contribution >= 0.6 is 0 Å². The summed E-state index contributed by atoms with van der Waals surface area (Å²) in [5.74, 6) is -0.167. The Morgan fingerprint density at radius 1 is 1.38 bits per heavy atom. The van der Waals surface area contributed by atoms with E-state index in [-0.39, 0.29) is 11.3 Å². The molecule has 0 aliphatic rings. The summed E-state index contributed by atoms with van der Waals surface area (Å²) in [6.45, 7) is 6.79. The Morgan fingerprint density at radius 3 is 2.31 bits per heavy atom. The lowest BCUT2D eigenvalue weighted by Crippen LogP contribution is -2.39. The van der Waals surface area contributed by atoms with Gasteiger partial charge in [0.25, 0.3) is 10.1 Å². The molecule has 0 aliphatic carbocycles. The van der Waals surface area contributed by atoms with Gasteiger partial charge in [0.2, 0.25) is 0 Å². The van der Waals surface area contributed by atoms with E-state index in [1.807, 2.05) is 0 Å². The number of hydrogen-bond donors (Lipinski definition) is 2. The van der Waals surface area contributed by atoms with Gasteiger partial charge in [-0.3, -0.25) is 4.55 Å². The van der Waals surface area contributed by atoms with Crippen LogP contribution in [-0.4, -0.2) is 30.8 Å². The maximum atomic E-state index is 10.4. The van der Waals surface area contributed by atoms with Gasteiger partial charge in [-0.1, -0.05) is 6.92 Å². The molecule has 0 heterocycles. The van der Waals surface area contributed by atoms with Crippen LogP contribution in [0.3, 0.4) is 0 Å². The Bertz CT molecular complexity index is 234. The first kappa shape index (κ1) is 12.9. The lowest BCUT2D eigenvalue weighted by Gasteiger charge is -2.24. The zero-order chi connectivity index (χ0) is 10.5. The molecule has 0 rings (SSSR count). The molecule has 0 saturated carbocycles. The van der Waals surface area contributed by atoms with E-state index in [1.54, 1.807) is 0 Å². The Hall–Kier alpha value is -0.130. The van der Waals surface area contributed by atoms with Crippen LogP contribution in [0.1, 0.15) is 33.6 Å². The van der Waals surface area contributed by atoms with Crippen molar-refractivity contribution in [2.75, 3.05) is 12.3 Å². The van der Waals surface area contributed by atoms with Gasteiger partial charge in [-0.05, 0) is 33.2 Å². The Labute approximate surface area is 80.5 Å². The van der Waals surface area contributed by atoms with E-state index < -0.39 is 10.1 Å². The molecule has 0 aromatic heterocycles. The molecule has 0 fully saturated rings. The molecule has 0 aromatic rings. The van der Waals surface area contributed by atoms with E-state index in [9.17, 15) is 8.42 Å². The standard InChI is InChI=1S/C8H19NO3S/c1-4-8(2,3)9-6-5-7-13(10,11)12/h9H,4-7H2,1-3H3,(H,10,11,12). The van der Waals surface area contributed by atoms with Gasteiger partial charge >= 0.3 is 0 Å². The molecule has 0 aromatic carbocycles. The van der Waals surface area contributed by atoms with E-state index >= 15 is 0 Å². The van der Waals surface area contributed by atoms with Gasteiger partial charge in [0.1, 0.15) is 0 Å². The molecule has 4 nitrogen and oxygen atoms in total. The molecule has 13 heavy (non-hydrogen) atoms. The van der Waals surface area contributed by atoms with Crippen LogP contribution in [0.5, 0.6) is 0 Å². The topological polar surface area (TPSA) is 66.4 Å². The average molecular weight is 209 g/mol. The lowest BCUT2D eigenvalue weighted by molar-refractivity contribution is 0.376. The third-order valence-electron chi connectivity index (χ3n) is 2.07. The van der Waals surface area contributed by atoms with Crippen LogP contribution in [0.4, 0.5) is 0 Å².